The smallest absolute Gasteiger partial charge is 0.317 e. The fraction of sp³-hybridized carbons (Fsp3) is 0.429. The largest absolute Gasteiger partial charge is 0.480 e. The maximum atomic E-state index is 12.4. The molecular weight excluding hydrogens is 244 g/mol. The van der Waals surface area contributed by atoms with Gasteiger partial charge in [0, 0.05) is 12.2 Å². The number of carbonyl (C=O) groups excluding carboxylic acids is 1. The lowest BCUT2D eigenvalue weighted by molar-refractivity contribution is -0.139. The van der Waals surface area contributed by atoms with Gasteiger partial charge in [0.1, 0.15) is 0 Å². The Hall–Kier alpha value is -1.88. The first kappa shape index (κ1) is 13.5. The van der Waals surface area contributed by atoms with E-state index in [1.54, 1.807) is 16.8 Å². The van der Waals surface area contributed by atoms with Crippen molar-refractivity contribution in [3.63, 3.8) is 0 Å². The quantitative estimate of drug-likeness (QED) is 0.885. The molecule has 0 aromatic heterocycles. The minimum absolute atomic E-state index is 0.0128. The number of para-hydroxylation sites is 1. The second kappa shape index (κ2) is 5.84. The van der Waals surface area contributed by atoms with Crippen LogP contribution in [0.1, 0.15) is 12.8 Å². The molecule has 2 rings (SSSR count). The summed E-state index contributed by atoms with van der Waals surface area (Å²) >= 11 is 0. The Bertz CT molecular complexity index is 461. The predicted octanol–water partition coefficient (Wildman–Crippen LogP) is 1.20. The number of carboxylic acids is 1. The number of amides is 1. The van der Waals surface area contributed by atoms with Gasteiger partial charge in [0.25, 0.3) is 0 Å². The summed E-state index contributed by atoms with van der Waals surface area (Å²) in [5.74, 6) is -0.923. The molecule has 1 aromatic rings. The van der Waals surface area contributed by atoms with Gasteiger partial charge in [-0.1, -0.05) is 18.2 Å². The molecule has 19 heavy (non-hydrogen) atoms. The van der Waals surface area contributed by atoms with E-state index >= 15 is 0 Å². The third kappa shape index (κ3) is 3.12. The fourth-order valence-electron chi connectivity index (χ4n) is 2.45. The van der Waals surface area contributed by atoms with Gasteiger partial charge in [-0.3, -0.25) is 14.5 Å². The van der Waals surface area contributed by atoms with Crippen molar-refractivity contribution in [3.05, 3.63) is 30.3 Å². The maximum absolute atomic E-state index is 12.4. The zero-order valence-corrected chi connectivity index (χ0v) is 11.0. The van der Waals surface area contributed by atoms with E-state index in [2.05, 4.69) is 0 Å². The summed E-state index contributed by atoms with van der Waals surface area (Å²) in [4.78, 5) is 26.5. The Labute approximate surface area is 112 Å². The van der Waals surface area contributed by atoms with Crippen LogP contribution >= 0.6 is 0 Å². The number of carbonyl (C=O) groups is 2. The number of likely N-dealkylation sites (N-methyl/N-ethyl adjacent to an activating group) is 1. The van der Waals surface area contributed by atoms with Gasteiger partial charge in [-0.15, -0.1) is 0 Å². The van der Waals surface area contributed by atoms with E-state index in [1.165, 1.54) is 0 Å². The molecule has 0 saturated carbocycles. The minimum Gasteiger partial charge on any atom is -0.480 e. The van der Waals surface area contributed by atoms with Gasteiger partial charge in [0.15, 0.2) is 0 Å². The summed E-state index contributed by atoms with van der Waals surface area (Å²) in [7, 11) is 1.69. The van der Waals surface area contributed by atoms with Crippen molar-refractivity contribution in [1.29, 1.82) is 0 Å². The number of carboxylic acid groups (broad SMARTS) is 1. The molecule has 1 aliphatic rings. The average molecular weight is 262 g/mol. The van der Waals surface area contributed by atoms with Gasteiger partial charge in [-0.05, 0) is 32.0 Å². The van der Waals surface area contributed by atoms with E-state index < -0.39 is 5.97 Å². The van der Waals surface area contributed by atoms with Gasteiger partial charge in [-0.2, -0.15) is 0 Å². The highest BCUT2D eigenvalue weighted by molar-refractivity contribution is 5.98. The molecule has 1 saturated heterocycles. The number of hydrogen-bond acceptors (Lipinski definition) is 3. The van der Waals surface area contributed by atoms with Crippen molar-refractivity contribution < 1.29 is 14.7 Å². The standard InChI is InChI=1S/C14H18N2O3/c1-15(10-13(17)18)12-8-5-9-16(14(12)19)11-6-3-2-4-7-11/h2-4,6-7,12H,5,8-10H2,1H3,(H,17,18)/t12-/m0/s1. The molecule has 0 aliphatic carbocycles. The summed E-state index contributed by atoms with van der Waals surface area (Å²) in [6, 6.07) is 9.16. The van der Waals surface area contributed by atoms with Crippen LogP contribution in [0.5, 0.6) is 0 Å². The topological polar surface area (TPSA) is 60.9 Å². The van der Waals surface area contributed by atoms with Crippen LogP contribution in [-0.2, 0) is 9.59 Å². The molecule has 102 valence electrons. The van der Waals surface area contributed by atoms with Crippen LogP contribution in [0.2, 0.25) is 0 Å². The number of rotatable bonds is 4. The first-order valence-electron chi connectivity index (χ1n) is 6.38. The van der Waals surface area contributed by atoms with Gasteiger partial charge < -0.3 is 10.0 Å². The number of nitrogens with zero attached hydrogens (tertiary/aromatic N) is 2. The summed E-state index contributed by atoms with van der Waals surface area (Å²) in [6.45, 7) is 0.583. The lowest BCUT2D eigenvalue weighted by Crippen LogP contribution is -2.52. The molecule has 1 aromatic carbocycles. The Morgan fingerprint density at radius 2 is 2.11 bits per heavy atom. The zero-order valence-electron chi connectivity index (χ0n) is 11.0. The molecule has 0 spiro atoms. The van der Waals surface area contributed by atoms with Crippen molar-refractivity contribution in [3.8, 4) is 0 Å². The molecular formula is C14H18N2O3. The highest BCUT2D eigenvalue weighted by atomic mass is 16.4. The van der Waals surface area contributed by atoms with Crippen LogP contribution in [0.15, 0.2) is 30.3 Å². The lowest BCUT2D eigenvalue weighted by Gasteiger charge is -2.36. The van der Waals surface area contributed by atoms with Gasteiger partial charge in [-0.25, -0.2) is 0 Å². The minimum atomic E-state index is -0.910. The molecule has 1 aliphatic heterocycles. The van der Waals surface area contributed by atoms with Crippen LogP contribution in [-0.4, -0.2) is 48.1 Å². The molecule has 1 atom stereocenters. The Morgan fingerprint density at radius 1 is 1.42 bits per heavy atom. The van der Waals surface area contributed by atoms with Crippen molar-refractivity contribution in [2.24, 2.45) is 0 Å². The third-order valence-electron chi connectivity index (χ3n) is 3.39. The molecule has 0 radical (unpaired) electrons. The molecule has 1 amide bonds. The highest BCUT2D eigenvalue weighted by Gasteiger charge is 2.32. The number of hydrogen-bond donors (Lipinski definition) is 1. The molecule has 1 heterocycles. The van der Waals surface area contributed by atoms with E-state index in [9.17, 15) is 9.59 Å². The Morgan fingerprint density at radius 3 is 2.74 bits per heavy atom. The van der Waals surface area contributed by atoms with Crippen molar-refractivity contribution >= 4 is 17.6 Å². The predicted molar refractivity (Wildman–Crippen MR) is 72.1 cm³/mol. The van der Waals surface area contributed by atoms with E-state index in [0.717, 1.165) is 12.1 Å². The third-order valence-corrected chi connectivity index (χ3v) is 3.39. The number of aliphatic carboxylic acids is 1. The number of anilines is 1. The maximum Gasteiger partial charge on any atom is 0.317 e. The highest BCUT2D eigenvalue weighted by Crippen LogP contribution is 2.22. The average Bonchev–Trinajstić information content (AvgIpc) is 2.39. The van der Waals surface area contributed by atoms with Crippen LogP contribution in [0.3, 0.4) is 0 Å². The van der Waals surface area contributed by atoms with Gasteiger partial charge in [0.05, 0.1) is 12.6 Å². The van der Waals surface area contributed by atoms with Gasteiger partial charge in [0.2, 0.25) is 5.91 Å². The summed E-state index contributed by atoms with van der Waals surface area (Å²) in [5.41, 5.74) is 0.876. The van der Waals surface area contributed by atoms with Crippen molar-refractivity contribution in [2.75, 3.05) is 25.0 Å². The summed E-state index contributed by atoms with van der Waals surface area (Å²) in [6.07, 6.45) is 1.60. The first-order valence-corrected chi connectivity index (χ1v) is 6.38. The Kier molecular flexibility index (Phi) is 4.16. The molecule has 1 N–H and O–H groups in total. The van der Waals surface area contributed by atoms with Crippen molar-refractivity contribution in [2.45, 2.75) is 18.9 Å². The molecule has 5 nitrogen and oxygen atoms in total. The Balaban J connectivity index is 2.12. The molecule has 5 heteroatoms. The van der Waals surface area contributed by atoms with Crippen LogP contribution < -0.4 is 4.90 Å². The molecule has 0 unspecified atom stereocenters. The van der Waals surface area contributed by atoms with Crippen LogP contribution in [0.25, 0.3) is 0 Å². The monoisotopic (exact) mass is 262 g/mol. The molecule has 1 fully saturated rings. The zero-order chi connectivity index (χ0) is 13.8. The lowest BCUT2D eigenvalue weighted by atomic mass is 10.0. The van der Waals surface area contributed by atoms with E-state index in [-0.39, 0.29) is 18.5 Å². The second-order valence-corrected chi connectivity index (χ2v) is 4.79. The van der Waals surface area contributed by atoms with Crippen LogP contribution in [0.4, 0.5) is 5.69 Å². The van der Waals surface area contributed by atoms with Crippen molar-refractivity contribution in [1.82, 2.24) is 4.90 Å². The summed E-state index contributed by atoms with van der Waals surface area (Å²) < 4.78 is 0. The van der Waals surface area contributed by atoms with E-state index in [0.29, 0.717) is 13.0 Å². The fourth-order valence-corrected chi connectivity index (χ4v) is 2.45. The number of benzene rings is 1. The van der Waals surface area contributed by atoms with E-state index in [4.69, 9.17) is 5.11 Å². The normalized spacial score (nSPS) is 19.8. The van der Waals surface area contributed by atoms with E-state index in [1.807, 2.05) is 30.3 Å². The van der Waals surface area contributed by atoms with Gasteiger partial charge >= 0.3 is 5.97 Å². The second-order valence-electron chi connectivity index (χ2n) is 4.79. The first-order chi connectivity index (χ1) is 9.09. The number of piperidine rings is 1. The SMILES string of the molecule is CN(CC(=O)O)[C@H]1CCCN(c2ccccc2)C1=O. The molecule has 0 bridgehead atoms. The van der Waals surface area contributed by atoms with Crippen LogP contribution in [0, 0.1) is 0 Å². The summed E-state index contributed by atoms with van der Waals surface area (Å²) in [5, 5.41) is 8.82.